The van der Waals surface area contributed by atoms with Gasteiger partial charge in [0.2, 0.25) is 0 Å². The molecule has 2 heterocycles. The minimum Gasteiger partial charge on any atom is -0.388 e. The zero-order valence-corrected chi connectivity index (χ0v) is 9.78. The minimum atomic E-state index is 0. The molecule has 0 saturated carbocycles. The molecule has 0 aromatic heterocycles. The second kappa shape index (κ2) is 4.58. The van der Waals surface area contributed by atoms with E-state index in [1.165, 1.54) is 43.5 Å². The van der Waals surface area contributed by atoms with Gasteiger partial charge in [0.1, 0.15) is 0 Å². The highest BCUT2D eigenvalue weighted by atomic mass is 35.5. The second-order valence-electron chi connectivity index (χ2n) is 4.60. The summed E-state index contributed by atoms with van der Waals surface area (Å²) in [5.74, 6) is 0.802. The van der Waals surface area contributed by atoms with Gasteiger partial charge in [-0.15, -0.1) is 12.4 Å². The van der Waals surface area contributed by atoms with Crippen molar-refractivity contribution >= 4 is 12.4 Å². The summed E-state index contributed by atoms with van der Waals surface area (Å²) >= 11 is 0. The highest BCUT2D eigenvalue weighted by Gasteiger charge is 2.29. The molecule has 2 N–H and O–H groups in total. The molecule has 0 radical (unpaired) electrons. The van der Waals surface area contributed by atoms with E-state index in [4.69, 9.17) is 0 Å². The molecule has 1 saturated heterocycles. The van der Waals surface area contributed by atoms with E-state index in [0.29, 0.717) is 6.04 Å². The number of rotatable bonds is 0. The summed E-state index contributed by atoms with van der Waals surface area (Å²) < 4.78 is 0. The molecule has 2 aliphatic heterocycles. The first-order valence-electron chi connectivity index (χ1n) is 5.82. The molecular weight excluding hydrogens is 208 g/mol. The maximum absolute atomic E-state index is 3.61. The first-order chi connectivity index (χ1) is 6.93. The number of fused-ring (bicyclic) bond motifs is 2. The minimum absolute atomic E-state index is 0. The molecule has 2 atom stereocenters. The van der Waals surface area contributed by atoms with Gasteiger partial charge in [-0.3, -0.25) is 0 Å². The van der Waals surface area contributed by atoms with E-state index >= 15 is 0 Å². The van der Waals surface area contributed by atoms with E-state index in [9.17, 15) is 0 Å². The summed E-state index contributed by atoms with van der Waals surface area (Å²) in [6.45, 7) is 2.34. The lowest BCUT2D eigenvalue weighted by molar-refractivity contribution is 0.359. The number of nitrogens with one attached hydrogen (secondary N) is 2. The largest absolute Gasteiger partial charge is 0.388 e. The van der Waals surface area contributed by atoms with Crippen molar-refractivity contribution in [1.29, 1.82) is 0 Å². The molecule has 2 unspecified atom stereocenters. The average molecular weight is 227 g/mol. The molecule has 0 bridgehead atoms. The average Bonchev–Trinajstić information content (AvgIpc) is 2.26. The van der Waals surface area contributed by atoms with E-state index in [1.54, 1.807) is 0 Å². The molecule has 0 aromatic rings. The van der Waals surface area contributed by atoms with Crippen LogP contribution in [-0.2, 0) is 0 Å². The van der Waals surface area contributed by atoms with Gasteiger partial charge in [0.05, 0.1) is 0 Å². The van der Waals surface area contributed by atoms with Crippen molar-refractivity contribution in [1.82, 2.24) is 10.6 Å². The Morgan fingerprint density at radius 3 is 3.13 bits per heavy atom. The van der Waals surface area contributed by atoms with Crippen molar-refractivity contribution < 1.29 is 0 Å². The molecule has 0 spiro atoms. The van der Waals surface area contributed by atoms with Gasteiger partial charge in [-0.05, 0) is 43.9 Å². The lowest BCUT2D eigenvalue weighted by atomic mass is 9.80. The Labute approximate surface area is 97.6 Å². The van der Waals surface area contributed by atoms with E-state index in [2.05, 4.69) is 22.8 Å². The Morgan fingerprint density at radius 2 is 2.20 bits per heavy atom. The first kappa shape index (κ1) is 11.0. The first-order valence-corrected chi connectivity index (χ1v) is 5.82. The van der Waals surface area contributed by atoms with Crippen molar-refractivity contribution in [3.8, 4) is 0 Å². The summed E-state index contributed by atoms with van der Waals surface area (Å²) in [6, 6.07) is 0.650. The molecule has 2 nitrogen and oxygen atoms in total. The Morgan fingerprint density at radius 1 is 1.27 bits per heavy atom. The Kier molecular flexibility index (Phi) is 3.37. The molecule has 3 rings (SSSR count). The third-order valence-electron chi connectivity index (χ3n) is 3.66. The molecule has 0 amide bonds. The van der Waals surface area contributed by atoms with Crippen molar-refractivity contribution in [2.24, 2.45) is 5.92 Å². The molecule has 3 aliphatic rings. The number of halogens is 1. The predicted molar refractivity (Wildman–Crippen MR) is 65.2 cm³/mol. The van der Waals surface area contributed by atoms with E-state index in [1.807, 2.05) is 0 Å². The topological polar surface area (TPSA) is 24.1 Å². The van der Waals surface area contributed by atoms with Crippen LogP contribution in [0.5, 0.6) is 0 Å². The van der Waals surface area contributed by atoms with Gasteiger partial charge < -0.3 is 10.6 Å². The Hall–Kier alpha value is -0.470. The summed E-state index contributed by atoms with van der Waals surface area (Å²) in [4.78, 5) is 0. The quantitative estimate of drug-likeness (QED) is 0.660. The van der Waals surface area contributed by atoms with Gasteiger partial charge in [0.15, 0.2) is 0 Å². The van der Waals surface area contributed by atoms with Gasteiger partial charge >= 0.3 is 0 Å². The lowest BCUT2D eigenvalue weighted by Crippen LogP contribution is -2.42. The van der Waals surface area contributed by atoms with E-state index in [-0.39, 0.29) is 12.4 Å². The molecule has 1 fully saturated rings. The van der Waals surface area contributed by atoms with Gasteiger partial charge in [0, 0.05) is 24.2 Å². The predicted octanol–water partition coefficient (Wildman–Crippen LogP) is 1.98. The molecule has 84 valence electrons. The fourth-order valence-electron chi connectivity index (χ4n) is 2.89. The zero-order valence-electron chi connectivity index (χ0n) is 8.96. The normalized spacial score (nSPS) is 33.6. The molecule has 1 aliphatic carbocycles. The molecule has 15 heavy (non-hydrogen) atoms. The van der Waals surface area contributed by atoms with Crippen LogP contribution in [0.3, 0.4) is 0 Å². The molecule has 0 aromatic carbocycles. The Bertz CT molecular complexity index is 296. The molecule has 3 heteroatoms. The monoisotopic (exact) mass is 226 g/mol. The SMILES string of the molecule is C1=C2NCCCC2CC2NCCC=C12.Cl. The standard InChI is InChI=1S/C12H18N2.ClH/c1-3-9-7-12-10(4-2-6-14-12)8-11(9)13-5-1;/h3,7,10-11,13-14H,1-2,4-6,8H2;1H. The van der Waals surface area contributed by atoms with Gasteiger partial charge in [0.25, 0.3) is 0 Å². The fourth-order valence-corrected chi connectivity index (χ4v) is 2.89. The second-order valence-corrected chi connectivity index (χ2v) is 4.60. The maximum atomic E-state index is 3.61. The van der Waals surface area contributed by atoms with Gasteiger partial charge in [-0.25, -0.2) is 0 Å². The van der Waals surface area contributed by atoms with Crippen LogP contribution in [0.1, 0.15) is 25.7 Å². The van der Waals surface area contributed by atoms with Crippen LogP contribution in [-0.4, -0.2) is 19.1 Å². The van der Waals surface area contributed by atoms with Crippen LogP contribution in [0, 0.1) is 5.92 Å². The summed E-state index contributed by atoms with van der Waals surface area (Å²) in [7, 11) is 0. The van der Waals surface area contributed by atoms with Crippen LogP contribution in [0.2, 0.25) is 0 Å². The van der Waals surface area contributed by atoms with E-state index in [0.717, 1.165) is 12.5 Å². The van der Waals surface area contributed by atoms with Gasteiger partial charge in [-0.2, -0.15) is 0 Å². The van der Waals surface area contributed by atoms with Crippen molar-refractivity contribution in [3.05, 3.63) is 23.4 Å². The zero-order chi connectivity index (χ0) is 9.38. The van der Waals surface area contributed by atoms with Crippen LogP contribution >= 0.6 is 12.4 Å². The number of hydrogen-bond donors (Lipinski definition) is 2. The highest BCUT2D eigenvalue weighted by molar-refractivity contribution is 5.85. The highest BCUT2D eigenvalue weighted by Crippen LogP contribution is 2.33. The number of allylic oxidation sites excluding steroid dienone is 1. The summed E-state index contributed by atoms with van der Waals surface area (Å²) in [6.07, 6.45) is 10.0. The van der Waals surface area contributed by atoms with Crippen LogP contribution in [0.25, 0.3) is 0 Å². The smallest absolute Gasteiger partial charge is 0.0324 e. The van der Waals surface area contributed by atoms with Crippen molar-refractivity contribution in [2.75, 3.05) is 13.1 Å². The van der Waals surface area contributed by atoms with Crippen LogP contribution in [0.15, 0.2) is 23.4 Å². The van der Waals surface area contributed by atoms with Crippen molar-refractivity contribution in [3.63, 3.8) is 0 Å². The Balaban J connectivity index is 0.000000853. The van der Waals surface area contributed by atoms with Gasteiger partial charge in [-0.1, -0.05) is 6.08 Å². The fraction of sp³-hybridized carbons (Fsp3) is 0.667. The number of piperidine rings is 1. The summed E-state index contributed by atoms with van der Waals surface area (Å²) in [5, 5.41) is 7.16. The maximum Gasteiger partial charge on any atom is 0.0324 e. The van der Waals surface area contributed by atoms with E-state index < -0.39 is 0 Å². The van der Waals surface area contributed by atoms with Crippen LogP contribution in [0.4, 0.5) is 0 Å². The van der Waals surface area contributed by atoms with Crippen molar-refractivity contribution in [2.45, 2.75) is 31.7 Å². The third kappa shape index (κ3) is 2.06. The van der Waals surface area contributed by atoms with Crippen LogP contribution < -0.4 is 10.6 Å². The lowest BCUT2D eigenvalue weighted by Gasteiger charge is -2.37. The summed E-state index contributed by atoms with van der Waals surface area (Å²) in [5.41, 5.74) is 3.03. The number of hydrogen-bond acceptors (Lipinski definition) is 2. The molecular formula is C12H19ClN2. The third-order valence-corrected chi connectivity index (χ3v) is 3.66.